The van der Waals surface area contributed by atoms with Crippen LogP contribution < -0.4 is 5.56 Å². The molecule has 0 radical (unpaired) electrons. The van der Waals surface area contributed by atoms with Gasteiger partial charge in [0, 0.05) is 6.07 Å². The first-order valence-corrected chi connectivity index (χ1v) is 6.62. The Morgan fingerprint density at radius 3 is 2.79 bits per heavy atom. The fraction of sp³-hybridized carbons (Fsp3) is 0.500. The number of hydrogen-bond donors (Lipinski definition) is 0. The van der Waals surface area contributed by atoms with E-state index in [1.165, 1.54) is 21.9 Å². The monoisotopic (exact) mass is 281 g/mol. The molecule has 0 aromatic carbocycles. The van der Waals surface area contributed by atoms with Gasteiger partial charge in [0.15, 0.2) is 0 Å². The van der Waals surface area contributed by atoms with E-state index in [4.69, 9.17) is 4.74 Å². The average molecular weight is 281 g/mol. The van der Waals surface area contributed by atoms with Gasteiger partial charge in [-0.1, -0.05) is 11.3 Å². The van der Waals surface area contributed by atoms with Gasteiger partial charge in [0.25, 0.3) is 5.56 Å². The van der Waals surface area contributed by atoms with Crippen molar-refractivity contribution in [2.75, 3.05) is 0 Å². The highest BCUT2D eigenvalue weighted by Crippen LogP contribution is 2.16. The number of aryl methyl sites for hydroxylation is 1. The molecule has 6 nitrogen and oxygen atoms in total. The molecule has 0 spiro atoms. The first-order valence-electron chi connectivity index (χ1n) is 5.81. The van der Waals surface area contributed by atoms with Gasteiger partial charge >= 0.3 is 5.97 Å². The van der Waals surface area contributed by atoms with Crippen molar-refractivity contribution in [2.45, 2.75) is 34.3 Å². The van der Waals surface area contributed by atoms with E-state index >= 15 is 0 Å². The van der Waals surface area contributed by atoms with Crippen molar-refractivity contribution in [1.82, 2.24) is 14.6 Å². The SMILES string of the molecule is Cc1nn2c(=O)cc(COC(=O)C(C)(C)C)nc2s1. The van der Waals surface area contributed by atoms with Crippen molar-refractivity contribution >= 4 is 22.3 Å². The lowest BCUT2D eigenvalue weighted by atomic mass is 9.97. The number of hydrogen-bond acceptors (Lipinski definition) is 6. The third kappa shape index (κ3) is 2.98. The fourth-order valence-electron chi connectivity index (χ4n) is 1.38. The van der Waals surface area contributed by atoms with Crippen LogP contribution in [0.4, 0.5) is 0 Å². The lowest BCUT2D eigenvalue weighted by molar-refractivity contribution is -0.154. The highest BCUT2D eigenvalue weighted by atomic mass is 32.1. The van der Waals surface area contributed by atoms with Gasteiger partial charge in [0.2, 0.25) is 4.96 Å². The standard InChI is InChI=1S/C12H15N3O3S/c1-7-14-15-9(16)5-8(13-11(15)19-7)6-18-10(17)12(2,3)4/h5H,6H2,1-4H3. The number of nitrogens with zero attached hydrogens (tertiary/aromatic N) is 3. The maximum absolute atomic E-state index is 11.8. The molecule has 2 rings (SSSR count). The fourth-order valence-corrected chi connectivity index (χ4v) is 2.15. The molecule has 0 aliphatic rings. The van der Waals surface area contributed by atoms with Crippen LogP contribution in [0, 0.1) is 12.3 Å². The number of carbonyl (C=O) groups is 1. The number of carbonyl (C=O) groups excluding carboxylic acids is 1. The van der Waals surface area contributed by atoms with Crippen molar-refractivity contribution < 1.29 is 9.53 Å². The molecule has 2 heterocycles. The van der Waals surface area contributed by atoms with Crippen LogP contribution in [-0.2, 0) is 16.1 Å². The van der Waals surface area contributed by atoms with Gasteiger partial charge in [-0.05, 0) is 27.7 Å². The Hall–Kier alpha value is -1.76. The Labute approximate surface area is 114 Å². The maximum atomic E-state index is 11.8. The molecule has 0 amide bonds. The molecule has 0 bridgehead atoms. The van der Waals surface area contributed by atoms with E-state index in [1.807, 2.05) is 0 Å². The molecular formula is C12H15N3O3S. The predicted octanol–water partition coefficient (Wildman–Crippen LogP) is 1.55. The Morgan fingerprint density at radius 1 is 1.47 bits per heavy atom. The Morgan fingerprint density at radius 2 is 2.16 bits per heavy atom. The zero-order valence-electron chi connectivity index (χ0n) is 11.3. The minimum atomic E-state index is -0.569. The average Bonchev–Trinajstić information content (AvgIpc) is 2.65. The molecule has 0 aliphatic carbocycles. The summed E-state index contributed by atoms with van der Waals surface area (Å²) in [5, 5.41) is 4.80. The van der Waals surface area contributed by atoms with Crippen LogP contribution in [0.1, 0.15) is 31.5 Å². The molecule has 0 aliphatic heterocycles. The van der Waals surface area contributed by atoms with E-state index in [9.17, 15) is 9.59 Å². The van der Waals surface area contributed by atoms with E-state index < -0.39 is 5.41 Å². The van der Waals surface area contributed by atoms with Crippen molar-refractivity contribution in [3.05, 3.63) is 27.1 Å². The van der Waals surface area contributed by atoms with E-state index in [0.29, 0.717) is 10.7 Å². The topological polar surface area (TPSA) is 73.6 Å². The summed E-state index contributed by atoms with van der Waals surface area (Å²) >= 11 is 1.32. The second-order valence-corrected chi connectivity index (χ2v) is 6.39. The number of fused-ring (bicyclic) bond motifs is 1. The summed E-state index contributed by atoms with van der Waals surface area (Å²) in [6.45, 7) is 7.12. The summed E-state index contributed by atoms with van der Waals surface area (Å²) in [6, 6.07) is 1.34. The van der Waals surface area contributed by atoms with Gasteiger partial charge in [-0.15, -0.1) is 0 Å². The third-order valence-electron chi connectivity index (χ3n) is 2.36. The van der Waals surface area contributed by atoms with Crippen LogP contribution >= 0.6 is 11.3 Å². The minimum absolute atomic E-state index is 0.00120. The largest absolute Gasteiger partial charge is 0.459 e. The third-order valence-corrected chi connectivity index (χ3v) is 3.19. The minimum Gasteiger partial charge on any atom is -0.459 e. The number of aromatic nitrogens is 3. The molecule has 0 atom stereocenters. The number of rotatable bonds is 2. The predicted molar refractivity (Wildman–Crippen MR) is 71.1 cm³/mol. The van der Waals surface area contributed by atoms with Crippen molar-refractivity contribution in [3.8, 4) is 0 Å². The number of esters is 1. The summed E-state index contributed by atoms with van der Waals surface area (Å²) in [5.41, 5.74) is -0.400. The molecule has 7 heteroatoms. The van der Waals surface area contributed by atoms with Gasteiger partial charge < -0.3 is 4.74 Å². The molecule has 0 N–H and O–H groups in total. The van der Waals surface area contributed by atoms with E-state index in [-0.39, 0.29) is 18.1 Å². The lowest BCUT2D eigenvalue weighted by Gasteiger charge is -2.16. The Kier molecular flexibility index (Phi) is 3.40. The van der Waals surface area contributed by atoms with Crippen molar-refractivity contribution in [2.24, 2.45) is 5.41 Å². The Balaban J connectivity index is 2.22. The second-order valence-electron chi connectivity index (χ2n) is 5.23. The van der Waals surface area contributed by atoms with Crippen LogP contribution in [-0.4, -0.2) is 20.6 Å². The maximum Gasteiger partial charge on any atom is 0.311 e. The smallest absolute Gasteiger partial charge is 0.311 e. The van der Waals surface area contributed by atoms with Crippen LogP contribution in [0.15, 0.2) is 10.9 Å². The quantitative estimate of drug-likeness (QED) is 0.781. The zero-order valence-corrected chi connectivity index (χ0v) is 12.1. The van der Waals surface area contributed by atoms with E-state index in [2.05, 4.69) is 10.1 Å². The van der Waals surface area contributed by atoms with E-state index in [0.717, 1.165) is 5.01 Å². The first kappa shape index (κ1) is 13.7. The summed E-state index contributed by atoms with van der Waals surface area (Å²) in [5.74, 6) is -0.324. The van der Waals surface area contributed by atoms with E-state index in [1.54, 1.807) is 27.7 Å². The Bertz CT molecular complexity index is 682. The lowest BCUT2D eigenvalue weighted by Crippen LogP contribution is -2.23. The molecule has 2 aromatic heterocycles. The molecule has 0 unspecified atom stereocenters. The van der Waals surface area contributed by atoms with Crippen LogP contribution in [0.3, 0.4) is 0 Å². The second kappa shape index (κ2) is 4.73. The zero-order chi connectivity index (χ0) is 14.2. The molecular weight excluding hydrogens is 266 g/mol. The normalized spacial score (nSPS) is 11.8. The van der Waals surface area contributed by atoms with Crippen LogP contribution in [0.2, 0.25) is 0 Å². The molecule has 19 heavy (non-hydrogen) atoms. The highest BCUT2D eigenvalue weighted by molar-refractivity contribution is 7.16. The van der Waals surface area contributed by atoms with Gasteiger partial charge in [0.1, 0.15) is 11.6 Å². The molecule has 0 saturated carbocycles. The first-order chi connectivity index (χ1) is 8.77. The van der Waals surface area contributed by atoms with Crippen LogP contribution in [0.5, 0.6) is 0 Å². The van der Waals surface area contributed by atoms with Gasteiger partial charge in [-0.25, -0.2) is 4.98 Å². The van der Waals surface area contributed by atoms with Crippen LogP contribution in [0.25, 0.3) is 4.96 Å². The summed E-state index contributed by atoms with van der Waals surface area (Å²) in [7, 11) is 0. The van der Waals surface area contributed by atoms with Crippen molar-refractivity contribution in [1.29, 1.82) is 0 Å². The molecule has 102 valence electrons. The van der Waals surface area contributed by atoms with Gasteiger partial charge in [0.05, 0.1) is 11.1 Å². The molecule has 2 aromatic rings. The highest BCUT2D eigenvalue weighted by Gasteiger charge is 2.23. The summed E-state index contributed by atoms with van der Waals surface area (Å²) in [4.78, 5) is 28.2. The van der Waals surface area contributed by atoms with Gasteiger partial charge in [-0.2, -0.15) is 9.61 Å². The molecule has 0 fully saturated rings. The molecule has 0 saturated heterocycles. The summed E-state index contributed by atoms with van der Waals surface area (Å²) in [6.07, 6.45) is 0. The number of ether oxygens (including phenoxy) is 1. The van der Waals surface area contributed by atoms with Gasteiger partial charge in [-0.3, -0.25) is 9.59 Å². The summed E-state index contributed by atoms with van der Waals surface area (Å²) < 4.78 is 6.38. The van der Waals surface area contributed by atoms with Crippen molar-refractivity contribution in [3.63, 3.8) is 0 Å².